The van der Waals surface area contributed by atoms with Crippen LogP contribution in [-0.2, 0) is 13.0 Å². The summed E-state index contributed by atoms with van der Waals surface area (Å²) < 4.78 is 0. The molecule has 1 saturated heterocycles. The lowest BCUT2D eigenvalue weighted by molar-refractivity contribution is 0.242. The zero-order valence-corrected chi connectivity index (χ0v) is 11.1. The van der Waals surface area contributed by atoms with Crippen LogP contribution in [0.15, 0.2) is 11.4 Å². The fourth-order valence-corrected chi connectivity index (χ4v) is 3.08. The van der Waals surface area contributed by atoms with Gasteiger partial charge in [-0.25, -0.2) is 0 Å². The predicted molar refractivity (Wildman–Crippen MR) is 70.9 cm³/mol. The van der Waals surface area contributed by atoms with Crippen molar-refractivity contribution in [3.63, 3.8) is 0 Å². The van der Waals surface area contributed by atoms with Crippen molar-refractivity contribution in [1.29, 1.82) is 0 Å². The van der Waals surface area contributed by atoms with Crippen molar-refractivity contribution in [2.75, 3.05) is 19.6 Å². The van der Waals surface area contributed by atoms with E-state index in [4.69, 9.17) is 0 Å². The van der Waals surface area contributed by atoms with E-state index in [0.717, 1.165) is 31.3 Å². The Hall–Kier alpha value is -0.380. The first-order valence-corrected chi connectivity index (χ1v) is 7.16. The van der Waals surface area contributed by atoms with Crippen molar-refractivity contribution >= 4 is 11.3 Å². The first-order valence-electron chi connectivity index (χ1n) is 6.28. The van der Waals surface area contributed by atoms with Crippen molar-refractivity contribution < 1.29 is 0 Å². The van der Waals surface area contributed by atoms with Crippen LogP contribution < -0.4 is 10.6 Å². The van der Waals surface area contributed by atoms with Gasteiger partial charge in [0.15, 0.2) is 0 Å². The number of nitrogens with one attached hydrogen (secondary N) is 2. The van der Waals surface area contributed by atoms with Gasteiger partial charge in [-0.3, -0.25) is 0 Å². The van der Waals surface area contributed by atoms with Crippen LogP contribution in [-0.4, -0.2) is 19.6 Å². The molecule has 1 aromatic heterocycles. The highest BCUT2D eigenvalue weighted by molar-refractivity contribution is 7.10. The molecule has 3 heteroatoms. The summed E-state index contributed by atoms with van der Waals surface area (Å²) in [5.74, 6) is 1.69. The lowest BCUT2D eigenvalue weighted by Gasteiger charge is -2.32. The van der Waals surface area contributed by atoms with Gasteiger partial charge in [0, 0.05) is 11.4 Å². The normalized spacial score (nSPS) is 18.4. The summed E-state index contributed by atoms with van der Waals surface area (Å²) in [7, 11) is 0. The molecule has 2 nitrogen and oxygen atoms in total. The zero-order valence-electron chi connectivity index (χ0n) is 10.3. The fourth-order valence-electron chi connectivity index (χ4n) is 2.13. The van der Waals surface area contributed by atoms with Crippen LogP contribution in [0, 0.1) is 11.8 Å². The van der Waals surface area contributed by atoms with Crippen molar-refractivity contribution in [3.05, 3.63) is 21.9 Å². The summed E-state index contributed by atoms with van der Waals surface area (Å²) in [6.07, 6.45) is 1.16. The molecule has 90 valence electrons. The molecule has 0 radical (unpaired) electrons. The summed E-state index contributed by atoms with van der Waals surface area (Å²) in [6, 6.07) is 2.25. The van der Waals surface area contributed by atoms with Crippen LogP contribution >= 0.6 is 11.3 Å². The topological polar surface area (TPSA) is 24.1 Å². The highest BCUT2D eigenvalue weighted by Crippen LogP contribution is 2.18. The molecule has 0 amide bonds. The Kier molecular flexibility index (Phi) is 4.38. The molecule has 2 rings (SSSR count). The Morgan fingerprint density at radius 2 is 2.38 bits per heavy atom. The fraction of sp³-hybridized carbons (Fsp3) is 0.692. The Labute approximate surface area is 102 Å². The number of hydrogen-bond donors (Lipinski definition) is 2. The minimum atomic E-state index is 0.797. The van der Waals surface area contributed by atoms with Crippen molar-refractivity contribution in [2.24, 2.45) is 11.8 Å². The van der Waals surface area contributed by atoms with Crippen LogP contribution in [0.1, 0.15) is 24.3 Å². The summed E-state index contributed by atoms with van der Waals surface area (Å²) in [5.41, 5.74) is 1.51. The zero-order chi connectivity index (χ0) is 11.4. The summed E-state index contributed by atoms with van der Waals surface area (Å²) in [5, 5.41) is 9.14. The first kappa shape index (κ1) is 12.1. The Morgan fingerprint density at radius 3 is 3.00 bits per heavy atom. The molecule has 1 atom stereocenters. The van der Waals surface area contributed by atoms with Crippen molar-refractivity contribution in [2.45, 2.75) is 26.8 Å². The molecular weight excluding hydrogens is 216 g/mol. The quantitative estimate of drug-likeness (QED) is 0.794. The molecule has 16 heavy (non-hydrogen) atoms. The molecule has 1 aromatic rings. The van der Waals surface area contributed by atoms with E-state index in [1.807, 2.05) is 11.3 Å². The van der Waals surface area contributed by atoms with Gasteiger partial charge in [0.25, 0.3) is 0 Å². The molecule has 2 N–H and O–H groups in total. The average Bonchev–Trinajstić information content (AvgIpc) is 2.62. The second kappa shape index (κ2) is 5.80. The van der Waals surface area contributed by atoms with Gasteiger partial charge in [-0.1, -0.05) is 13.8 Å². The van der Waals surface area contributed by atoms with E-state index in [-0.39, 0.29) is 0 Å². The first-order chi connectivity index (χ1) is 7.81. The van der Waals surface area contributed by atoms with Crippen LogP contribution in [0.2, 0.25) is 0 Å². The second-order valence-corrected chi connectivity index (χ2v) is 5.75. The largest absolute Gasteiger partial charge is 0.316 e. The Bertz CT molecular complexity index is 317. The van der Waals surface area contributed by atoms with E-state index in [9.17, 15) is 0 Å². The maximum Gasteiger partial charge on any atom is 0.0302 e. The van der Waals surface area contributed by atoms with Gasteiger partial charge in [-0.05, 0) is 54.9 Å². The molecule has 0 spiro atoms. The van der Waals surface area contributed by atoms with E-state index in [0.29, 0.717) is 0 Å². The molecule has 1 fully saturated rings. The van der Waals surface area contributed by atoms with Crippen molar-refractivity contribution in [1.82, 2.24) is 10.6 Å². The van der Waals surface area contributed by atoms with Gasteiger partial charge in [-0.2, -0.15) is 0 Å². The van der Waals surface area contributed by atoms with Crippen LogP contribution in [0.5, 0.6) is 0 Å². The number of rotatable bonds is 6. The number of aryl methyl sites for hydroxylation is 1. The average molecular weight is 238 g/mol. The second-order valence-electron chi connectivity index (χ2n) is 4.75. The lowest BCUT2D eigenvalue weighted by atomic mass is 9.89. The number of thiophene rings is 1. The van der Waals surface area contributed by atoms with Gasteiger partial charge >= 0.3 is 0 Å². The Morgan fingerprint density at radius 1 is 1.56 bits per heavy atom. The van der Waals surface area contributed by atoms with Gasteiger partial charge in [-0.15, -0.1) is 11.3 Å². The molecular formula is C13H22N2S. The summed E-state index contributed by atoms with van der Waals surface area (Å²) in [6.45, 7) is 9.20. The van der Waals surface area contributed by atoms with Gasteiger partial charge in [0.05, 0.1) is 0 Å². The third-order valence-corrected chi connectivity index (χ3v) is 4.55. The van der Waals surface area contributed by atoms with Crippen LogP contribution in [0.4, 0.5) is 0 Å². The molecule has 1 unspecified atom stereocenters. The molecule has 0 aliphatic carbocycles. The third-order valence-electron chi connectivity index (χ3n) is 3.59. The standard InChI is InChI=1S/C13H22N2S/c1-3-11-4-5-16-13(11)9-14-6-10(2)12-7-15-8-12/h4-5,10,12,14-15H,3,6-9H2,1-2H3. The van der Waals surface area contributed by atoms with E-state index >= 15 is 0 Å². The SMILES string of the molecule is CCc1ccsc1CNCC(C)C1CNC1. The monoisotopic (exact) mass is 238 g/mol. The molecule has 1 aliphatic heterocycles. The highest BCUT2D eigenvalue weighted by atomic mass is 32.1. The molecule has 0 saturated carbocycles. The molecule has 2 heterocycles. The summed E-state index contributed by atoms with van der Waals surface area (Å²) in [4.78, 5) is 1.52. The minimum Gasteiger partial charge on any atom is -0.316 e. The van der Waals surface area contributed by atoms with Crippen LogP contribution in [0.3, 0.4) is 0 Å². The number of hydrogen-bond acceptors (Lipinski definition) is 3. The molecule has 0 aromatic carbocycles. The van der Waals surface area contributed by atoms with E-state index in [1.54, 1.807) is 0 Å². The maximum atomic E-state index is 3.59. The smallest absolute Gasteiger partial charge is 0.0302 e. The predicted octanol–water partition coefficient (Wildman–Crippen LogP) is 2.26. The van der Waals surface area contributed by atoms with E-state index in [2.05, 4.69) is 35.9 Å². The minimum absolute atomic E-state index is 0.797. The van der Waals surface area contributed by atoms with Crippen LogP contribution in [0.25, 0.3) is 0 Å². The molecule has 0 bridgehead atoms. The third kappa shape index (κ3) is 2.84. The Balaban J connectivity index is 1.71. The van der Waals surface area contributed by atoms with E-state index < -0.39 is 0 Å². The van der Waals surface area contributed by atoms with Crippen molar-refractivity contribution in [3.8, 4) is 0 Å². The molecule has 1 aliphatic rings. The van der Waals surface area contributed by atoms with Gasteiger partial charge < -0.3 is 10.6 Å². The van der Waals surface area contributed by atoms with Gasteiger partial charge in [0.1, 0.15) is 0 Å². The summed E-state index contributed by atoms with van der Waals surface area (Å²) >= 11 is 1.88. The van der Waals surface area contributed by atoms with Gasteiger partial charge in [0.2, 0.25) is 0 Å². The maximum absolute atomic E-state index is 3.59. The highest BCUT2D eigenvalue weighted by Gasteiger charge is 2.22. The lowest BCUT2D eigenvalue weighted by Crippen LogP contribution is -2.47. The van der Waals surface area contributed by atoms with E-state index in [1.165, 1.54) is 23.5 Å².